The van der Waals surface area contributed by atoms with Gasteiger partial charge in [0.15, 0.2) is 0 Å². The summed E-state index contributed by atoms with van der Waals surface area (Å²) in [6.45, 7) is 5.77. The number of rotatable bonds is 3. The predicted octanol–water partition coefficient (Wildman–Crippen LogP) is 1.82. The number of amides is 1. The first-order valence-electron chi connectivity index (χ1n) is 6.63. The van der Waals surface area contributed by atoms with Crippen LogP contribution in [0, 0.1) is 5.92 Å². The van der Waals surface area contributed by atoms with Gasteiger partial charge in [-0.15, -0.1) is 0 Å². The van der Waals surface area contributed by atoms with E-state index < -0.39 is 0 Å². The van der Waals surface area contributed by atoms with Crippen LogP contribution in [0.15, 0.2) is 24.4 Å². The summed E-state index contributed by atoms with van der Waals surface area (Å²) in [5.74, 6) is 1.26. The zero-order valence-corrected chi connectivity index (χ0v) is 11.1. The summed E-state index contributed by atoms with van der Waals surface area (Å²) in [7, 11) is 0. The number of piperidine rings is 1. The molecule has 1 aliphatic rings. The first kappa shape index (κ1) is 12.9. The molecule has 1 N–H and O–H groups in total. The molecular weight excluding hydrogens is 226 g/mol. The van der Waals surface area contributed by atoms with E-state index in [1.807, 2.05) is 38.2 Å². The molecule has 2 rings (SSSR count). The third kappa shape index (κ3) is 3.22. The summed E-state index contributed by atoms with van der Waals surface area (Å²) >= 11 is 0. The minimum absolute atomic E-state index is 0.0684. The molecule has 1 aromatic rings. The topological polar surface area (TPSA) is 45.2 Å². The largest absolute Gasteiger partial charge is 0.356 e. The van der Waals surface area contributed by atoms with Gasteiger partial charge >= 0.3 is 0 Å². The lowest BCUT2D eigenvalue weighted by Gasteiger charge is -2.33. The molecule has 18 heavy (non-hydrogen) atoms. The second-order valence-corrected chi connectivity index (χ2v) is 5.11. The summed E-state index contributed by atoms with van der Waals surface area (Å²) in [5.41, 5.74) is 0. The van der Waals surface area contributed by atoms with Crippen molar-refractivity contribution in [2.24, 2.45) is 5.92 Å². The number of carbonyl (C=O) groups excluding carboxylic acids is 1. The van der Waals surface area contributed by atoms with E-state index >= 15 is 0 Å². The fraction of sp³-hybridized carbons (Fsp3) is 0.571. The molecule has 0 saturated carbocycles. The Balaban J connectivity index is 1.83. The van der Waals surface area contributed by atoms with Crippen LogP contribution in [0.3, 0.4) is 0 Å². The highest BCUT2D eigenvalue weighted by Crippen LogP contribution is 2.17. The second-order valence-electron chi connectivity index (χ2n) is 5.11. The van der Waals surface area contributed by atoms with Crippen LogP contribution < -0.4 is 10.2 Å². The smallest absolute Gasteiger partial charge is 0.222 e. The SMILES string of the molecule is CC(C)C(=O)NC1CCN(c2ccccn2)CC1. The summed E-state index contributed by atoms with van der Waals surface area (Å²) in [4.78, 5) is 18.3. The molecule has 1 aliphatic heterocycles. The van der Waals surface area contributed by atoms with Crippen LogP contribution in [-0.2, 0) is 4.79 Å². The number of anilines is 1. The minimum atomic E-state index is 0.0684. The molecule has 98 valence electrons. The van der Waals surface area contributed by atoms with Crippen LogP contribution in [-0.4, -0.2) is 30.0 Å². The van der Waals surface area contributed by atoms with E-state index in [2.05, 4.69) is 15.2 Å². The third-order valence-corrected chi connectivity index (χ3v) is 3.34. The van der Waals surface area contributed by atoms with Gasteiger partial charge in [-0.2, -0.15) is 0 Å². The van der Waals surface area contributed by atoms with E-state index in [-0.39, 0.29) is 11.8 Å². The van der Waals surface area contributed by atoms with Gasteiger partial charge in [-0.1, -0.05) is 19.9 Å². The van der Waals surface area contributed by atoms with E-state index in [1.165, 1.54) is 0 Å². The van der Waals surface area contributed by atoms with E-state index in [0.29, 0.717) is 6.04 Å². The fourth-order valence-corrected chi connectivity index (χ4v) is 2.16. The Bertz CT molecular complexity index is 383. The van der Waals surface area contributed by atoms with Crippen molar-refractivity contribution in [1.82, 2.24) is 10.3 Å². The number of aromatic nitrogens is 1. The number of pyridine rings is 1. The first-order valence-corrected chi connectivity index (χ1v) is 6.63. The molecule has 1 saturated heterocycles. The lowest BCUT2D eigenvalue weighted by molar-refractivity contribution is -0.124. The van der Waals surface area contributed by atoms with E-state index in [4.69, 9.17) is 0 Å². The zero-order valence-electron chi connectivity index (χ0n) is 11.1. The van der Waals surface area contributed by atoms with Gasteiger partial charge in [0.05, 0.1) is 0 Å². The van der Waals surface area contributed by atoms with Crippen LogP contribution in [0.2, 0.25) is 0 Å². The van der Waals surface area contributed by atoms with Crippen LogP contribution in [0.1, 0.15) is 26.7 Å². The Morgan fingerprint density at radius 1 is 1.39 bits per heavy atom. The number of hydrogen-bond donors (Lipinski definition) is 1. The van der Waals surface area contributed by atoms with Crippen LogP contribution in [0.25, 0.3) is 0 Å². The third-order valence-electron chi connectivity index (χ3n) is 3.34. The maximum Gasteiger partial charge on any atom is 0.222 e. The predicted molar refractivity (Wildman–Crippen MR) is 72.5 cm³/mol. The highest BCUT2D eigenvalue weighted by molar-refractivity contribution is 5.78. The monoisotopic (exact) mass is 247 g/mol. The Kier molecular flexibility index (Phi) is 4.18. The number of carbonyl (C=O) groups is 1. The standard InChI is InChI=1S/C14H21N3O/c1-11(2)14(18)16-12-6-9-17(10-7-12)13-5-3-4-8-15-13/h3-5,8,11-12H,6-7,9-10H2,1-2H3,(H,16,18). The van der Waals surface area contributed by atoms with Gasteiger partial charge < -0.3 is 10.2 Å². The molecular formula is C14H21N3O. The molecule has 2 heterocycles. The van der Waals surface area contributed by atoms with Crippen molar-refractivity contribution in [3.63, 3.8) is 0 Å². The van der Waals surface area contributed by atoms with Gasteiger partial charge in [0.1, 0.15) is 5.82 Å². The van der Waals surface area contributed by atoms with E-state index in [9.17, 15) is 4.79 Å². The lowest BCUT2D eigenvalue weighted by Crippen LogP contribution is -2.46. The highest BCUT2D eigenvalue weighted by Gasteiger charge is 2.21. The zero-order chi connectivity index (χ0) is 13.0. The molecule has 0 atom stereocenters. The average Bonchev–Trinajstić information content (AvgIpc) is 2.40. The van der Waals surface area contributed by atoms with Gasteiger partial charge in [-0.05, 0) is 25.0 Å². The van der Waals surface area contributed by atoms with Crippen molar-refractivity contribution in [3.8, 4) is 0 Å². The van der Waals surface area contributed by atoms with E-state index in [0.717, 1.165) is 31.7 Å². The van der Waals surface area contributed by atoms with Crippen LogP contribution in [0.5, 0.6) is 0 Å². The van der Waals surface area contributed by atoms with Gasteiger partial charge in [-0.3, -0.25) is 4.79 Å². The lowest BCUT2D eigenvalue weighted by atomic mass is 10.0. The molecule has 1 aromatic heterocycles. The number of hydrogen-bond acceptors (Lipinski definition) is 3. The van der Waals surface area contributed by atoms with Crippen LogP contribution in [0.4, 0.5) is 5.82 Å². The molecule has 0 radical (unpaired) electrons. The Labute approximate surface area is 108 Å². The number of nitrogens with zero attached hydrogens (tertiary/aromatic N) is 2. The fourth-order valence-electron chi connectivity index (χ4n) is 2.16. The molecule has 0 aliphatic carbocycles. The normalized spacial score (nSPS) is 16.9. The number of nitrogens with one attached hydrogen (secondary N) is 1. The summed E-state index contributed by atoms with van der Waals surface area (Å²) in [6.07, 6.45) is 3.81. The minimum Gasteiger partial charge on any atom is -0.356 e. The van der Waals surface area contributed by atoms with Gasteiger partial charge in [0.2, 0.25) is 5.91 Å². The van der Waals surface area contributed by atoms with Crippen molar-refractivity contribution in [1.29, 1.82) is 0 Å². The second kappa shape index (κ2) is 5.85. The molecule has 0 aromatic carbocycles. The Hall–Kier alpha value is -1.58. The summed E-state index contributed by atoms with van der Waals surface area (Å²) < 4.78 is 0. The van der Waals surface area contributed by atoms with Crippen molar-refractivity contribution in [2.75, 3.05) is 18.0 Å². The maximum absolute atomic E-state index is 11.6. The molecule has 1 fully saturated rings. The van der Waals surface area contributed by atoms with Crippen LogP contribution >= 0.6 is 0 Å². The summed E-state index contributed by atoms with van der Waals surface area (Å²) in [5, 5.41) is 3.10. The molecule has 4 nitrogen and oxygen atoms in total. The van der Waals surface area contributed by atoms with Crippen molar-refractivity contribution in [3.05, 3.63) is 24.4 Å². The molecule has 4 heteroatoms. The van der Waals surface area contributed by atoms with Crippen molar-refractivity contribution < 1.29 is 4.79 Å². The highest BCUT2D eigenvalue weighted by atomic mass is 16.1. The van der Waals surface area contributed by atoms with Crippen molar-refractivity contribution in [2.45, 2.75) is 32.7 Å². The average molecular weight is 247 g/mol. The maximum atomic E-state index is 11.6. The first-order chi connectivity index (χ1) is 8.66. The summed E-state index contributed by atoms with van der Waals surface area (Å²) in [6, 6.07) is 6.29. The van der Waals surface area contributed by atoms with Crippen molar-refractivity contribution >= 4 is 11.7 Å². The quantitative estimate of drug-likeness (QED) is 0.886. The van der Waals surface area contributed by atoms with Gasteiger partial charge in [0.25, 0.3) is 0 Å². The molecule has 1 amide bonds. The molecule has 0 bridgehead atoms. The van der Waals surface area contributed by atoms with Gasteiger partial charge in [-0.25, -0.2) is 4.98 Å². The Morgan fingerprint density at radius 2 is 2.11 bits per heavy atom. The molecule has 0 spiro atoms. The molecule has 0 unspecified atom stereocenters. The Morgan fingerprint density at radius 3 is 2.67 bits per heavy atom. The van der Waals surface area contributed by atoms with Gasteiger partial charge in [0, 0.05) is 31.2 Å². The van der Waals surface area contributed by atoms with E-state index in [1.54, 1.807) is 0 Å².